The van der Waals surface area contributed by atoms with Crippen LogP contribution < -0.4 is 3.93 Å². The Bertz CT molecular complexity index is 794. The summed E-state index contributed by atoms with van der Waals surface area (Å²) in [6.07, 6.45) is 0. The Hall–Kier alpha value is -2.25. The van der Waals surface area contributed by atoms with Gasteiger partial charge in [0.25, 0.3) is 5.91 Å². The minimum atomic E-state index is -0.229. The van der Waals surface area contributed by atoms with Crippen LogP contribution >= 0.6 is 27.7 Å². The number of hydrogen-bond donors (Lipinski definition) is 1. The van der Waals surface area contributed by atoms with Crippen LogP contribution in [0.1, 0.15) is 10.4 Å². The van der Waals surface area contributed by atoms with Crippen molar-refractivity contribution in [3.8, 4) is 11.4 Å². The van der Waals surface area contributed by atoms with Gasteiger partial charge in [-0.15, -0.1) is 10.2 Å². The number of halogens is 2. The first kappa shape index (κ1) is 14.7. The van der Waals surface area contributed by atoms with Crippen molar-refractivity contribution in [1.82, 2.24) is 20.6 Å². The normalized spacial score (nSPS) is 10.5. The Morgan fingerprint density at radius 3 is 2.64 bits per heavy atom. The molecule has 0 aliphatic rings. The number of nitrogens with zero attached hydrogens (tertiary/aromatic N) is 4. The van der Waals surface area contributed by atoms with E-state index in [4.69, 9.17) is 11.6 Å². The molecule has 1 heterocycles. The summed E-state index contributed by atoms with van der Waals surface area (Å²) in [5, 5.41) is 14.3. The molecule has 8 heteroatoms. The van der Waals surface area contributed by atoms with Gasteiger partial charge in [-0.3, -0.25) is 4.79 Å². The van der Waals surface area contributed by atoms with E-state index in [0.717, 1.165) is 0 Å². The summed E-state index contributed by atoms with van der Waals surface area (Å²) >= 11 is 9.35. The zero-order chi connectivity index (χ0) is 15.5. The summed E-state index contributed by atoms with van der Waals surface area (Å²) < 4.78 is 1.33. The highest BCUT2D eigenvalue weighted by Gasteiger charge is 2.21. The van der Waals surface area contributed by atoms with Gasteiger partial charge >= 0.3 is 0 Å². The lowest BCUT2D eigenvalue weighted by Crippen LogP contribution is -2.20. The average Bonchev–Trinajstić information content (AvgIpc) is 3.08. The number of aromatic nitrogens is 4. The number of H-pyrrole nitrogens is 1. The van der Waals surface area contributed by atoms with Crippen molar-refractivity contribution in [2.75, 3.05) is 3.93 Å². The summed E-state index contributed by atoms with van der Waals surface area (Å²) in [5.74, 6) is 0.143. The van der Waals surface area contributed by atoms with Crippen molar-refractivity contribution in [1.29, 1.82) is 0 Å². The zero-order valence-corrected chi connectivity index (χ0v) is 13.4. The van der Waals surface area contributed by atoms with E-state index in [9.17, 15) is 4.79 Å². The summed E-state index contributed by atoms with van der Waals surface area (Å²) in [5.41, 5.74) is 1.69. The second-order valence-electron chi connectivity index (χ2n) is 4.35. The van der Waals surface area contributed by atoms with E-state index in [-0.39, 0.29) is 5.91 Å². The van der Waals surface area contributed by atoms with Gasteiger partial charge in [-0.2, -0.15) is 5.21 Å². The number of carbonyl (C=O) groups is 1. The Morgan fingerprint density at radius 1 is 1.18 bits per heavy atom. The molecule has 0 unspecified atom stereocenters. The van der Waals surface area contributed by atoms with Crippen molar-refractivity contribution < 1.29 is 4.79 Å². The van der Waals surface area contributed by atoms with E-state index >= 15 is 0 Å². The summed E-state index contributed by atoms with van der Waals surface area (Å²) in [6, 6.07) is 14.0. The van der Waals surface area contributed by atoms with Crippen molar-refractivity contribution >= 4 is 39.3 Å². The van der Waals surface area contributed by atoms with Gasteiger partial charge in [-0.25, -0.2) is 3.93 Å². The molecular formula is C14H9BrClN5O. The Labute approximate surface area is 139 Å². The fourth-order valence-corrected chi connectivity index (χ4v) is 2.60. The summed E-state index contributed by atoms with van der Waals surface area (Å²) in [6.45, 7) is 0. The molecule has 2 aromatic carbocycles. The van der Waals surface area contributed by atoms with E-state index in [2.05, 4.69) is 36.8 Å². The maximum absolute atomic E-state index is 12.5. The summed E-state index contributed by atoms with van der Waals surface area (Å²) in [7, 11) is 0. The van der Waals surface area contributed by atoms with E-state index in [1.807, 2.05) is 6.07 Å². The molecule has 22 heavy (non-hydrogen) atoms. The smallest absolute Gasteiger partial charge is 0.268 e. The van der Waals surface area contributed by atoms with Crippen LogP contribution in [0.5, 0.6) is 0 Å². The SMILES string of the molecule is O=C(c1ccccc1)N(Br)c1cc(Cl)ccc1-c1nn[nH]n1. The van der Waals surface area contributed by atoms with Crippen LogP contribution in [0.25, 0.3) is 11.4 Å². The van der Waals surface area contributed by atoms with Crippen LogP contribution in [0, 0.1) is 0 Å². The van der Waals surface area contributed by atoms with Gasteiger partial charge in [0.2, 0.25) is 5.82 Å². The molecular weight excluding hydrogens is 370 g/mol. The molecule has 1 N–H and O–H groups in total. The number of tetrazole rings is 1. The number of anilines is 1. The third-order valence-corrected chi connectivity index (χ3v) is 3.90. The van der Waals surface area contributed by atoms with Gasteiger partial charge in [-0.1, -0.05) is 29.8 Å². The van der Waals surface area contributed by atoms with Gasteiger partial charge in [0.1, 0.15) is 0 Å². The topological polar surface area (TPSA) is 74.8 Å². The first-order chi connectivity index (χ1) is 10.7. The number of rotatable bonds is 3. The van der Waals surface area contributed by atoms with Gasteiger partial charge < -0.3 is 0 Å². The molecule has 0 radical (unpaired) electrons. The molecule has 0 bridgehead atoms. The quantitative estimate of drug-likeness (QED) is 0.708. The van der Waals surface area contributed by atoms with Crippen molar-refractivity contribution in [3.63, 3.8) is 0 Å². The van der Waals surface area contributed by atoms with E-state index in [1.165, 1.54) is 3.93 Å². The van der Waals surface area contributed by atoms with Crippen molar-refractivity contribution in [2.45, 2.75) is 0 Å². The molecule has 110 valence electrons. The molecule has 0 saturated carbocycles. The predicted molar refractivity (Wildman–Crippen MR) is 86.8 cm³/mol. The maximum atomic E-state index is 12.5. The monoisotopic (exact) mass is 377 g/mol. The van der Waals surface area contributed by atoms with E-state index in [1.54, 1.807) is 42.5 Å². The molecule has 0 atom stereocenters. The van der Waals surface area contributed by atoms with Crippen LogP contribution in [0.4, 0.5) is 5.69 Å². The first-order valence-electron chi connectivity index (χ1n) is 6.25. The Kier molecular flexibility index (Phi) is 4.17. The largest absolute Gasteiger partial charge is 0.268 e. The van der Waals surface area contributed by atoms with Crippen LogP contribution in [0.2, 0.25) is 5.02 Å². The molecule has 1 amide bonds. The number of nitrogens with one attached hydrogen (secondary N) is 1. The van der Waals surface area contributed by atoms with Crippen LogP contribution in [0.15, 0.2) is 48.5 Å². The minimum absolute atomic E-state index is 0.229. The number of benzene rings is 2. The fraction of sp³-hybridized carbons (Fsp3) is 0. The highest BCUT2D eigenvalue weighted by molar-refractivity contribution is 9.10. The van der Waals surface area contributed by atoms with Gasteiger partial charge in [0.05, 0.1) is 21.8 Å². The summed E-state index contributed by atoms with van der Waals surface area (Å²) in [4.78, 5) is 12.5. The van der Waals surface area contributed by atoms with Crippen LogP contribution in [-0.2, 0) is 0 Å². The predicted octanol–water partition coefficient (Wildman–Crippen LogP) is 3.48. The second kappa shape index (κ2) is 6.25. The minimum Gasteiger partial charge on any atom is -0.268 e. The average molecular weight is 379 g/mol. The van der Waals surface area contributed by atoms with Crippen LogP contribution in [-0.4, -0.2) is 26.5 Å². The third kappa shape index (κ3) is 2.86. The number of aromatic amines is 1. The highest BCUT2D eigenvalue weighted by Crippen LogP contribution is 2.33. The fourth-order valence-electron chi connectivity index (χ4n) is 1.94. The Morgan fingerprint density at radius 2 is 1.95 bits per heavy atom. The molecule has 1 aromatic heterocycles. The van der Waals surface area contributed by atoms with Gasteiger partial charge in [-0.05, 0) is 35.5 Å². The van der Waals surface area contributed by atoms with E-state index in [0.29, 0.717) is 27.7 Å². The van der Waals surface area contributed by atoms with Gasteiger partial charge in [0.15, 0.2) is 0 Å². The van der Waals surface area contributed by atoms with E-state index < -0.39 is 0 Å². The third-order valence-electron chi connectivity index (χ3n) is 2.96. The molecule has 0 spiro atoms. The van der Waals surface area contributed by atoms with Crippen molar-refractivity contribution in [2.24, 2.45) is 0 Å². The zero-order valence-electron chi connectivity index (χ0n) is 11.1. The molecule has 6 nitrogen and oxygen atoms in total. The number of hydrogen-bond acceptors (Lipinski definition) is 4. The number of carbonyl (C=O) groups excluding carboxylic acids is 1. The lowest BCUT2D eigenvalue weighted by molar-refractivity contribution is 0.101. The molecule has 0 saturated heterocycles. The standard InChI is InChI=1S/C14H9BrClN5O/c15-21(14(22)9-4-2-1-3-5-9)12-8-10(16)6-7-11(12)13-17-19-20-18-13/h1-8H,(H,17,18,19,20). The lowest BCUT2D eigenvalue weighted by Gasteiger charge is -2.17. The van der Waals surface area contributed by atoms with Crippen molar-refractivity contribution in [3.05, 3.63) is 59.1 Å². The maximum Gasteiger partial charge on any atom is 0.268 e. The molecule has 0 aliphatic heterocycles. The first-order valence-corrected chi connectivity index (χ1v) is 7.34. The molecule has 0 fully saturated rings. The lowest BCUT2D eigenvalue weighted by atomic mass is 10.1. The number of amides is 1. The van der Waals surface area contributed by atoms with Gasteiger partial charge in [0, 0.05) is 16.1 Å². The second-order valence-corrected chi connectivity index (χ2v) is 5.49. The molecule has 3 aromatic rings. The molecule has 0 aliphatic carbocycles. The van der Waals surface area contributed by atoms with Crippen LogP contribution in [0.3, 0.4) is 0 Å². The Balaban J connectivity index is 2.04. The highest BCUT2D eigenvalue weighted by atomic mass is 79.9. The molecule has 3 rings (SSSR count).